The van der Waals surface area contributed by atoms with Crippen molar-refractivity contribution in [1.82, 2.24) is 0 Å². The average molecular weight is 362 g/mol. The lowest BCUT2D eigenvalue weighted by Gasteiger charge is -2.12. The summed E-state index contributed by atoms with van der Waals surface area (Å²) in [7, 11) is -3.71. The fraction of sp³-hybridized carbons (Fsp3) is 0.235. The van der Waals surface area contributed by atoms with Crippen LogP contribution in [-0.2, 0) is 14.8 Å². The minimum atomic E-state index is -3.71. The third kappa shape index (κ3) is 3.57. The van der Waals surface area contributed by atoms with Crippen LogP contribution >= 0.6 is 11.8 Å². The molecule has 1 heterocycles. The summed E-state index contributed by atoms with van der Waals surface area (Å²) in [6.45, 7) is 3.79. The minimum Gasteiger partial charge on any atom is -0.325 e. The number of hydrogen-bond donors (Lipinski definition) is 2. The van der Waals surface area contributed by atoms with E-state index in [2.05, 4.69) is 10.0 Å². The summed E-state index contributed by atoms with van der Waals surface area (Å²) < 4.78 is 27.7. The van der Waals surface area contributed by atoms with Crippen LogP contribution in [0.1, 0.15) is 12.5 Å². The van der Waals surface area contributed by atoms with Gasteiger partial charge >= 0.3 is 0 Å². The molecule has 2 aromatic rings. The van der Waals surface area contributed by atoms with Gasteiger partial charge in [0.25, 0.3) is 10.0 Å². The Bertz CT molecular complexity index is 877. The first-order chi connectivity index (χ1) is 11.3. The van der Waals surface area contributed by atoms with E-state index in [1.807, 2.05) is 26.0 Å². The molecular formula is C17H18N2O3S2. The number of carbonyl (C=O) groups is 1. The molecule has 1 atom stereocenters. The van der Waals surface area contributed by atoms with Crippen molar-refractivity contribution in [3.8, 4) is 0 Å². The van der Waals surface area contributed by atoms with Crippen molar-refractivity contribution in [3.63, 3.8) is 0 Å². The molecular weight excluding hydrogens is 344 g/mol. The Kier molecular flexibility index (Phi) is 4.56. The zero-order valence-corrected chi connectivity index (χ0v) is 15.0. The number of anilines is 2. The summed E-state index contributed by atoms with van der Waals surface area (Å²) in [5.41, 5.74) is 2.10. The van der Waals surface area contributed by atoms with Crippen molar-refractivity contribution < 1.29 is 13.2 Å². The quantitative estimate of drug-likeness (QED) is 0.877. The van der Waals surface area contributed by atoms with Crippen LogP contribution in [0.25, 0.3) is 0 Å². The van der Waals surface area contributed by atoms with E-state index in [9.17, 15) is 13.2 Å². The van der Waals surface area contributed by atoms with E-state index in [1.165, 1.54) is 6.07 Å². The highest BCUT2D eigenvalue weighted by Gasteiger charge is 2.22. The molecule has 0 saturated carbocycles. The van der Waals surface area contributed by atoms with Gasteiger partial charge in [-0.2, -0.15) is 0 Å². The summed E-state index contributed by atoms with van der Waals surface area (Å²) in [5.74, 6) is 0.461. The number of aryl methyl sites for hydroxylation is 1. The molecule has 0 radical (unpaired) electrons. The smallest absolute Gasteiger partial charge is 0.261 e. The van der Waals surface area contributed by atoms with Crippen LogP contribution in [0.5, 0.6) is 0 Å². The normalized spacial score (nSPS) is 17.6. The highest BCUT2D eigenvalue weighted by molar-refractivity contribution is 7.99. The summed E-state index contributed by atoms with van der Waals surface area (Å²) in [6, 6.07) is 11.9. The van der Waals surface area contributed by atoms with Crippen LogP contribution in [-0.4, -0.2) is 20.1 Å². The van der Waals surface area contributed by atoms with Gasteiger partial charge in [-0.3, -0.25) is 9.52 Å². The maximum absolute atomic E-state index is 12.6. The summed E-state index contributed by atoms with van der Waals surface area (Å²) in [6.07, 6.45) is 0. The molecule has 7 heteroatoms. The fourth-order valence-corrected chi connectivity index (χ4v) is 4.38. The Morgan fingerprint density at radius 1 is 1.17 bits per heavy atom. The molecule has 0 aromatic heterocycles. The molecule has 0 spiro atoms. The summed E-state index contributed by atoms with van der Waals surface area (Å²) in [4.78, 5) is 13.0. The fourth-order valence-electron chi connectivity index (χ4n) is 2.28. The molecule has 0 saturated heterocycles. The second-order valence-electron chi connectivity index (χ2n) is 5.83. The van der Waals surface area contributed by atoms with Crippen molar-refractivity contribution in [3.05, 3.63) is 48.0 Å². The van der Waals surface area contributed by atoms with E-state index in [0.717, 1.165) is 10.5 Å². The first-order valence-electron chi connectivity index (χ1n) is 7.52. The Balaban J connectivity index is 1.90. The number of hydrogen-bond acceptors (Lipinski definition) is 4. The molecule has 5 nitrogen and oxygen atoms in total. The molecule has 126 valence electrons. The van der Waals surface area contributed by atoms with E-state index in [1.54, 1.807) is 36.0 Å². The van der Waals surface area contributed by atoms with Gasteiger partial charge in [-0.15, -0.1) is 11.8 Å². The molecule has 1 aliphatic heterocycles. The standard InChI is InChI=1S/C17H18N2O3S2/c1-11-3-5-13(6-4-11)19-24(21,22)14-7-8-16-15(9-14)18-17(20)12(2)10-23-16/h3-9,12,19H,10H2,1-2H3,(H,18,20)/t12-/m0/s1. The third-order valence-electron chi connectivity index (χ3n) is 3.76. The molecule has 24 heavy (non-hydrogen) atoms. The first-order valence-corrected chi connectivity index (χ1v) is 9.99. The number of nitrogens with one attached hydrogen (secondary N) is 2. The molecule has 1 amide bonds. The van der Waals surface area contributed by atoms with E-state index < -0.39 is 10.0 Å². The number of rotatable bonds is 3. The van der Waals surface area contributed by atoms with Crippen molar-refractivity contribution in [1.29, 1.82) is 0 Å². The zero-order chi connectivity index (χ0) is 17.3. The lowest BCUT2D eigenvalue weighted by molar-refractivity contribution is -0.118. The van der Waals surface area contributed by atoms with E-state index in [-0.39, 0.29) is 16.7 Å². The van der Waals surface area contributed by atoms with E-state index >= 15 is 0 Å². The molecule has 1 aliphatic rings. The number of sulfonamides is 1. The molecule has 0 bridgehead atoms. The molecule has 3 rings (SSSR count). The van der Waals surface area contributed by atoms with Crippen LogP contribution in [0.15, 0.2) is 52.3 Å². The third-order valence-corrected chi connectivity index (χ3v) is 6.47. The number of carbonyl (C=O) groups excluding carboxylic acids is 1. The summed E-state index contributed by atoms with van der Waals surface area (Å²) >= 11 is 1.55. The Hall–Kier alpha value is -1.99. The monoisotopic (exact) mass is 362 g/mol. The van der Waals surface area contributed by atoms with Gasteiger partial charge < -0.3 is 5.32 Å². The number of thioether (sulfide) groups is 1. The van der Waals surface area contributed by atoms with Gasteiger partial charge in [0.1, 0.15) is 0 Å². The number of benzene rings is 2. The van der Waals surface area contributed by atoms with Crippen molar-refractivity contribution in [2.45, 2.75) is 23.6 Å². The van der Waals surface area contributed by atoms with Gasteiger partial charge in [0.05, 0.1) is 10.6 Å². The topological polar surface area (TPSA) is 75.3 Å². The molecule has 0 unspecified atom stereocenters. The lowest BCUT2D eigenvalue weighted by Crippen LogP contribution is -2.20. The Morgan fingerprint density at radius 2 is 1.88 bits per heavy atom. The lowest BCUT2D eigenvalue weighted by atomic mass is 10.2. The van der Waals surface area contributed by atoms with Gasteiger partial charge in [-0.25, -0.2) is 8.42 Å². The zero-order valence-electron chi connectivity index (χ0n) is 13.4. The minimum absolute atomic E-state index is 0.0951. The molecule has 2 N–H and O–H groups in total. The first kappa shape index (κ1) is 16.9. The van der Waals surface area contributed by atoms with E-state index in [0.29, 0.717) is 17.1 Å². The van der Waals surface area contributed by atoms with Crippen molar-refractivity contribution in [2.75, 3.05) is 15.8 Å². The predicted octanol–water partition coefficient (Wildman–Crippen LogP) is 3.48. The van der Waals surface area contributed by atoms with Crippen LogP contribution in [0.3, 0.4) is 0 Å². The predicted molar refractivity (Wildman–Crippen MR) is 96.9 cm³/mol. The van der Waals surface area contributed by atoms with Gasteiger partial charge in [0, 0.05) is 22.3 Å². The maximum Gasteiger partial charge on any atom is 0.261 e. The van der Waals surface area contributed by atoms with Gasteiger partial charge in [0.2, 0.25) is 5.91 Å². The van der Waals surface area contributed by atoms with E-state index in [4.69, 9.17) is 0 Å². The highest BCUT2D eigenvalue weighted by Crippen LogP contribution is 2.34. The Morgan fingerprint density at radius 3 is 2.58 bits per heavy atom. The van der Waals surface area contributed by atoms with Crippen LogP contribution in [0, 0.1) is 12.8 Å². The second-order valence-corrected chi connectivity index (χ2v) is 8.58. The molecule has 2 aromatic carbocycles. The molecule has 0 fully saturated rings. The SMILES string of the molecule is Cc1ccc(NS(=O)(=O)c2ccc3c(c2)NC(=O)[C@@H](C)CS3)cc1. The highest BCUT2D eigenvalue weighted by atomic mass is 32.2. The Labute approximate surface area is 145 Å². The van der Waals surface area contributed by atoms with Crippen molar-refractivity contribution >= 4 is 39.1 Å². The maximum atomic E-state index is 12.6. The van der Waals surface area contributed by atoms with Crippen LogP contribution < -0.4 is 10.0 Å². The molecule has 0 aliphatic carbocycles. The van der Waals surface area contributed by atoms with Gasteiger partial charge in [-0.1, -0.05) is 24.6 Å². The van der Waals surface area contributed by atoms with Crippen molar-refractivity contribution in [2.24, 2.45) is 5.92 Å². The number of amides is 1. The number of fused-ring (bicyclic) bond motifs is 1. The largest absolute Gasteiger partial charge is 0.325 e. The second kappa shape index (κ2) is 6.49. The summed E-state index contributed by atoms with van der Waals surface area (Å²) in [5, 5.41) is 2.80. The van der Waals surface area contributed by atoms with Gasteiger partial charge in [0.15, 0.2) is 0 Å². The van der Waals surface area contributed by atoms with Crippen LogP contribution in [0.4, 0.5) is 11.4 Å². The average Bonchev–Trinajstić information content (AvgIpc) is 2.68. The van der Waals surface area contributed by atoms with Crippen LogP contribution in [0.2, 0.25) is 0 Å². The van der Waals surface area contributed by atoms with Gasteiger partial charge in [-0.05, 0) is 37.3 Å².